The first-order valence-electron chi connectivity index (χ1n) is 9.49. The van der Waals surface area contributed by atoms with E-state index in [0.29, 0.717) is 17.6 Å². The second-order valence-electron chi connectivity index (χ2n) is 6.87. The van der Waals surface area contributed by atoms with Crippen molar-refractivity contribution in [2.24, 2.45) is 0 Å². The number of aromatic nitrogens is 2. The van der Waals surface area contributed by atoms with Crippen LogP contribution in [0.25, 0.3) is 0 Å². The number of thioether (sulfide) groups is 1. The second-order valence-corrected chi connectivity index (χ2v) is 10.8. The molecule has 9 heteroatoms. The van der Waals surface area contributed by atoms with E-state index in [4.69, 9.17) is 4.42 Å². The van der Waals surface area contributed by atoms with Crippen LogP contribution in [-0.2, 0) is 16.3 Å². The van der Waals surface area contributed by atoms with Gasteiger partial charge in [0.1, 0.15) is 0 Å². The van der Waals surface area contributed by atoms with Crippen molar-refractivity contribution in [3.8, 4) is 0 Å². The number of sulfone groups is 1. The summed E-state index contributed by atoms with van der Waals surface area (Å²) in [5, 5.41) is 10.8. The number of hydrogen-bond acceptors (Lipinski definition) is 7. The van der Waals surface area contributed by atoms with Gasteiger partial charge in [0.15, 0.2) is 9.84 Å². The largest absolute Gasteiger partial charge is 0.407 e. The molecule has 0 aliphatic rings. The van der Waals surface area contributed by atoms with Gasteiger partial charge in [-0.15, -0.1) is 16.9 Å². The number of anilines is 1. The zero-order chi connectivity index (χ0) is 21.7. The van der Waals surface area contributed by atoms with Gasteiger partial charge in [-0.1, -0.05) is 44.1 Å². The Hall–Kier alpha value is -2.65. The van der Waals surface area contributed by atoms with Crippen molar-refractivity contribution < 1.29 is 17.6 Å². The van der Waals surface area contributed by atoms with E-state index in [2.05, 4.69) is 41.5 Å². The van der Waals surface area contributed by atoms with Crippen LogP contribution in [0.1, 0.15) is 42.6 Å². The Morgan fingerprint density at radius 2 is 1.87 bits per heavy atom. The van der Waals surface area contributed by atoms with E-state index in [1.54, 1.807) is 18.7 Å². The molecule has 1 N–H and O–H groups in total. The maximum absolute atomic E-state index is 12.4. The molecule has 0 bridgehead atoms. The number of nitrogens with zero attached hydrogens (tertiary/aromatic N) is 2. The summed E-state index contributed by atoms with van der Waals surface area (Å²) in [6.07, 6.45) is 0.444. The van der Waals surface area contributed by atoms with Gasteiger partial charge < -0.3 is 4.42 Å². The lowest BCUT2D eigenvalue weighted by Crippen LogP contribution is -2.13. The molecule has 7 nitrogen and oxygen atoms in total. The smallest absolute Gasteiger partial charge is 0.322 e. The summed E-state index contributed by atoms with van der Waals surface area (Å²) >= 11 is 1.79. The molecule has 0 aliphatic heterocycles. The van der Waals surface area contributed by atoms with Gasteiger partial charge in [-0.25, -0.2) is 8.42 Å². The quantitative estimate of drug-likeness (QED) is 0.518. The third kappa shape index (κ3) is 5.70. The fraction of sp³-hybridized carbons (Fsp3) is 0.286. The molecule has 0 saturated carbocycles. The van der Waals surface area contributed by atoms with Gasteiger partial charge in [-0.05, 0) is 35.9 Å². The van der Waals surface area contributed by atoms with Gasteiger partial charge in [0, 0.05) is 15.7 Å². The highest BCUT2D eigenvalue weighted by Crippen LogP contribution is 2.23. The molecule has 0 fully saturated rings. The molecular weight excluding hydrogens is 422 g/mol. The van der Waals surface area contributed by atoms with Gasteiger partial charge in [-0.2, -0.15) is 0 Å². The van der Waals surface area contributed by atoms with E-state index in [-0.39, 0.29) is 22.2 Å². The molecular formula is C21H23N3O4S2. The molecule has 30 heavy (non-hydrogen) atoms. The Balaban J connectivity index is 1.65. The molecule has 0 aliphatic carbocycles. The number of hydrogen-bond donors (Lipinski definition) is 1. The zero-order valence-corrected chi connectivity index (χ0v) is 18.6. The van der Waals surface area contributed by atoms with Crippen LogP contribution in [0.15, 0.2) is 62.7 Å². The monoisotopic (exact) mass is 445 g/mol. The van der Waals surface area contributed by atoms with E-state index in [0.717, 1.165) is 5.56 Å². The van der Waals surface area contributed by atoms with Crippen molar-refractivity contribution in [2.45, 2.75) is 42.2 Å². The first-order chi connectivity index (χ1) is 14.3. The van der Waals surface area contributed by atoms with Crippen molar-refractivity contribution in [1.82, 2.24) is 10.2 Å². The number of carbonyl (C=O) groups is 1. The predicted molar refractivity (Wildman–Crippen MR) is 117 cm³/mol. The van der Waals surface area contributed by atoms with Crippen LogP contribution >= 0.6 is 11.8 Å². The average molecular weight is 446 g/mol. The number of rotatable bonds is 8. The topological polar surface area (TPSA) is 102 Å². The van der Waals surface area contributed by atoms with E-state index < -0.39 is 15.7 Å². The highest BCUT2D eigenvalue weighted by Gasteiger charge is 2.16. The van der Waals surface area contributed by atoms with Crippen molar-refractivity contribution in [2.75, 3.05) is 11.1 Å². The van der Waals surface area contributed by atoms with Crippen molar-refractivity contribution in [1.29, 1.82) is 0 Å². The maximum atomic E-state index is 12.4. The van der Waals surface area contributed by atoms with Crippen LogP contribution in [-0.4, -0.2) is 35.5 Å². The normalized spacial score (nSPS) is 11.6. The van der Waals surface area contributed by atoms with Crippen LogP contribution in [0, 0.1) is 0 Å². The summed E-state index contributed by atoms with van der Waals surface area (Å²) in [6.45, 7) is 5.84. The highest BCUT2D eigenvalue weighted by molar-refractivity contribution is 7.99. The summed E-state index contributed by atoms with van der Waals surface area (Å²) < 4.78 is 29.5. The molecule has 0 radical (unpaired) electrons. The van der Waals surface area contributed by atoms with E-state index in [9.17, 15) is 13.2 Å². The Bertz CT molecular complexity index is 1120. The minimum absolute atomic E-state index is 0.0364. The molecule has 1 aromatic heterocycles. The Morgan fingerprint density at radius 3 is 2.53 bits per heavy atom. The predicted octanol–water partition coefficient (Wildman–Crippen LogP) is 4.21. The third-order valence-corrected chi connectivity index (χ3v) is 6.92. The molecule has 158 valence electrons. The first kappa shape index (κ1) is 22.0. The second kappa shape index (κ2) is 9.44. The molecule has 1 heterocycles. The molecule has 2 aromatic carbocycles. The van der Waals surface area contributed by atoms with Gasteiger partial charge in [0.2, 0.25) is 5.89 Å². The summed E-state index contributed by atoms with van der Waals surface area (Å²) in [4.78, 5) is 13.7. The summed E-state index contributed by atoms with van der Waals surface area (Å²) in [5.74, 6) is -0.187. The maximum Gasteiger partial charge on any atom is 0.322 e. The van der Waals surface area contributed by atoms with Crippen molar-refractivity contribution in [3.63, 3.8) is 0 Å². The molecule has 0 atom stereocenters. The SMILES string of the molecule is CCS(=O)(=O)c1cccc(C(=O)Nc2nnc(Cc3ccc(SC(C)C)cc3)o2)c1. The standard InChI is InChI=1S/C21H23N3O4S2/c1-4-30(26,27)18-7-5-6-16(13-18)20(25)22-21-24-23-19(28-21)12-15-8-10-17(11-9-15)29-14(2)3/h5-11,13-14H,4,12H2,1-3H3,(H,22,24,25). The van der Waals surface area contributed by atoms with Crippen LogP contribution < -0.4 is 5.32 Å². The summed E-state index contributed by atoms with van der Waals surface area (Å²) in [5.41, 5.74) is 1.21. The summed E-state index contributed by atoms with van der Waals surface area (Å²) in [6, 6.07) is 13.9. The fourth-order valence-corrected chi connectivity index (χ4v) is 4.44. The van der Waals surface area contributed by atoms with Crippen LogP contribution in [0.5, 0.6) is 0 Å². The number of amides is 1. The van der Waals surface area contributed by atoms with Crippen LogP contribution in [0.4, 0.5) is 6.01 Å². The Morgan fingerprint density at radius 1 is 1.13 bits per heavy atom. The fourth-order valence-electron chi connectivity index (χ4n) is 2.67. The third-order valence-electron chi connectivity index (χ3n) is 4.17. The zero-order valence-electron chi connectivity index (χ0n) is 17.0. The lowest BCUT2D eigenvalue weighted by atomic mass is 10.1. The van der Waals surface area contributed by atoms with E-state index in [1.807, 2.05) is 12.1 Å². The minimum Gasteiger partial charge on any atom is -0.407 e. The van der Waals surface area contributed by atoms with E-state index >= 15 is 0 Å². The van der Waals surface area contributed by atoms with E-state index in [1.165, 1.54) is 29.2 Å². The first-order valence-corrected chi connectivity index (χ1v) is 12.0. The summed E-state index contributed by atoms with van der Waals surface area (Å²) in [7, 11) is -3.40. The molecule has 3 rings (SSSR count). The van der Waals surface area contributed by atoms with Gasteiger partial charge in [0.25, 0.3) is 5.91 Å². The van der Waals surface area contributed by atoms with Gasteiger partial charge >= 0.3 is 6.01 Å². The average Bonchev–Trinajstić information content (AvgIpc) is 3.16. The van der Waals surface area contributed by atoms with Crippen molar-refractivity contribution >= 4 is 33.5 Å². The Labute approximate surface area is 180 Å². The lowest BCUT2D eigenvalue weighted by Gasteiger charge is -2.05. The number of nitrogens with one attached hydrogen (secondary N) is 1. The van der Waals surface area contributed by atoms with Crippen LogP contribution in [0.3, 0.4) is 0 Å². The highest BCUT2D eigenvalue weighted by atomic mass is 32.2. The number of carbonyl (C=O) groups excluding carboxylic acids is 1. The molecule has 0 saturated heterocycles. The Kier molecular flexibility index (Phi) is 6.94. The molecule has 3 aromatic rings. The van der Waals surface area contributed by atoms with Crippen molar-refractivity contribution in [3.05, 3.63) is 65.5 Å². The lowest BCUT2D eigenvalue weighted by molar-refractivity contribution is 0.102. The molecule has 0 spiro atoms. The molecule has 0 unspecified atom stereocenters. The van der Waals surface area contributed by atoms with Gasteiger partial charge in [-0.3, -0.25) is 10.1 Å². The van der Waals surface area contributed by atoms with Crippen LogP contribution in [0.2, 0.25) is 0 Å². The minimum atomic E-state index is -3.40. The number of benzene rings is 2. The molecule has 1 amide bonds. The van der Waals surface area contributed by atoms with Gasteiger partial charge in [0.05, 0.1) is 17.1 Å².